The van der Waals surface area contributed by atoms with Crippen LogP contribution in [0.2, 0.25) is 0 Å². The number of hydrogen-bond donors (Lipinski definition) is 1. The maximum absolute atomic E-state index is 5.82. The van der Waals surface area contributed by atoms with Gasteiger partial charge in [0, 0.05) is 13.0 Å². The lowest BCUT2D eigenvalue weighted by Gasteiger charge is -2.24. The molecule has 1 fully saturated rings. The van der Waals surface area contributed by atoms with Crippen molar-refractivity contribution >= 4 is 0 Å². The molecule has 0 spiro atoms. The number of fused-ring (bicyclic) bond motifs is 1. The summed E-state index contributed by atoms with van der Waals surface area (Å²) in [7, 11) is 0. The minimum absolute atomic E-state index is 0.620. The third kappa shape index (κ3) is 2.32. The minimum atomic E-state index is 0.620. The van der Waals surface area contributed by atoms with Gasteiger partial charge in [-0.15, -0.1) is 0 Å². The van der Waals surface area contributed by atoms with Crippen molar-refractivity contribution in [1.29, 1.82) is 0 Å². The number of rotatable bonds is 1. The standard InChI is InChI=1S/C15H21NO2/c1-11-8-13(12-4-2-5-16-10-12)9-14-15(11)18-7-3-6-17-14/h8-9,12,16H,2-7,10H2,1H3. The topological polar surface area (TPSA) is 30.5 Å². The summed E-state index contributed by atoms with van der Waals surface area (Å²) in [6.07, 6.45) is 3.50. The van der Waals surface area contributed by atoms with E-state index in [1.54, 1.807) is 0 Å². The van der Waals surface area contributed by atoms with Crippen molar-refractivity contribution in [2.75, 3.05) is 26.3 Å². The van der Waals surface area contributed by atoms with Crippen molar-refractivity contribution in [3.63, 3.8) is 0 Å². The molecule has 3 rings (SSSR count). The highest BCUT2D eigenvalue weighted by Gasteiger charge is 2.20. The van der Waals surface area contributed by atoms with Gasteiger partial charge in [-0.2, -0.15) is 0 Å². The van der Waals surface area contributed by atoms with Crippen LogP contribution in [0.1, 0.15) is 36.3 Å². The smallest absolute Gasteiger partial charge is 0.164 e. The molecule has 0 saturated carbocycles. The third-order valence-corrected chi connectivity index (χ3v) is 3.82. The second-order valence-electron chi connectivity index (χ2n) is 5.26. The van der Waals surface area contributed by atoms with Gasteiger partial charge < -0.3 is 14.8 Å². The molecule has 3 nitrogen and oxygen atoms in total. The molecule has 2 aliphatic rings. The molecule has 0 bridgehead atoms. The normalized spacial score (nSPS) is 23.5. The fraction of sp³-hybridized carbons (Fsp3) is 0.600. The van der Waals surface area contributed by atoms with Crippen LogP contribution in [0.4, 0.5) is 0 Å². The van der Waals surface area contributed by atoms with Crippen LogP contribution in [0.25, 0.3) is 0 Å². The molecule has 1 atom stereocenters. The van der Waals surface area contributed by atoms with Gasteiger partial charge in [0.15, 0.2) is 11.5 Å². The van der Waals surface area contributed by atoms with E-state index in [-0.39, 0.29) is 0 Å². The monoisotopic (exact) mass is 247 g/mol. The molecule has 1 N–H and O–H groups in total. The van der Waals surface area contributed by atoms with Gasteiger partial charge in [-0.05, 0) is 49.4 Å². The molecular formula is C15H21NO2. The van der Waals surface area contributed by atoms with Crippen LogP contribution in [-0.4, -0.2) is 26.3 Å². The molecule has 3 heteroatoms. The van der Waals surface area contributed by atoms with Gasteiger partial charge in [0.1, 0.15) is 0 Å². The van der Waals surface area contributed by atoms with Crippen molar-refractivity contribution in [3.05, 3.63) is 23.3 Å². The Bertz CT molecular complexity index is 425. The average molecular weight is 247 g/mol. The van der Waals surface area contributed by atoms with E-state index >= 15 is 0 Å². The van der Waals surface area contributed by atoms with Crippen LogP contribution in [0.5, 0.6) is 11.5 Å². The fourth-order valence-electron chi connectivity index (χ4n) is 2.85. The summed E-state index contributed by atoms with van der Waals surface area (Å²) in [5.41, 5.74) is 2.60. The lowest BCUT2D eigenvalue weighted by Crippen LogP contribution is -2.28. The number of aryl methyl sites for hydroxylation is 1. The summed E-state index contributed by atoms with van der Waals surface area (Å²) in [5.74, 6) is 2.50. The zero-order valence-corrected chi connectivity index (χ0v) is 11.0. The number of piperidine rings is 1. The van der Waals surface area contributed by atoms with Gasteiger partial charge in [0.05, 0.1) is 13.2 Å². The van der Waals surface area contributed by atoms with Crippen LogP contribution in [0.15, 0.2) is 12.1 Å². The third-order valence-electron chi connectivity index (χ3n) is 3.82. The highest BCUT2D eigenvalue weighted by atomic mass is 16.5. The molecule has 1 aromatic rings. The lowest BCUT2D eigenvalue weighted by atomic mass is 9.90. The van der Waals surface area contributed by atoms with Gasteiger partial charge in [-0.1, -0.05) is 6.07 Å². The maximum atomic E-state index is 5.82. The molecule has 98 valence electrons. The first-order valence-corrected chi connectivity index (χ1v) is 6.95. The summed E-state index contributed by atoms with van der Waals surface area (Å²) >= 11 is 0. The first kappa shape index (κ1) is 11.8. The van der Waals surface area contributed by atoms with E-state index in [0.29, 0.717) is 5.92 Å². The van der Waals surface area contributed by atoms with Crippen LogP contribution in [-0.2, 0) is 0 Å². The second kappa shape index (κ2) is 5.19. The van der Waals surface area contributed by atoms with Crippen LogP contribution in [0, 0.1) is 6.92 Å². The van der Waals surface area contributed by atoms with E-state index in [2.05, 4.69) is 24.4 Å². The fourth-order valence-corrected chi connectivity index (χ4v) is 2.85. The molecule has 0 aliphatic carbocycles. The van der Waals surface area contributed by atoms with Gasteiger partial charge in [0.2, 0.25) is 0 Å². The molecule has 0 aromatic heterocycles. The Labute approximate surface area is 108 Å². The Morgan fingerprint density at radius 1 is 1.17 bits per heavy atom. The summed E-state index contributed by atoms with van der Waals surface area (Å²) in [6, 6.07) is 4.45. The number of hydrogen-bond acceptors (Lipinski definition) is 3. The molecule has 2 heterocycles. The first-order chi connectivity index (χ1) is 8.84. The quantitative estimate of drug-likeness (QED) is 0.827. The van der Waals surface area contributed by atoms with Crippen LogP contribution >= 0.6 is 0 Å². The van der Waals surface area contributed by atoms with Gasteiger partial charge in [0.25, 0.3) is 0 Å². The molecule has 0 amide bonds. The van der Waals surface area contributed by atoms with Gasteiger partial charge >= 0.3 is 0 Å². The predicted molar refractivity (Wildman–Crippen MR) is 71.6 cm³/mol. The largest absolute Gasteiger partial charge is 0.490 e. The number of ether oxygens (including phenoxy) is 2. The van der Waals surface area contributed by atoms with E-state index in [0.717, 1.165) is 44.2 Å². The zero-order valence-electron chi connectivity index (χ0n) is 11.0. The van der Waals surface area contributed by atoms with Crippen molar-refractivity contribution in [2.45, 2.75) is 32.1 Å². The number of nitrogens with one attached hydrogen (secondary N) is 1. The highest BCUT2D eigenvalue weighted by Crippen LogP contribution is 2.37. The lowest BCUT2D eigenvalue weighted by molar-refractivity contribution is 0.296. The van der Waals surface area contributed by atoms with E-state index in [4.69, 9.17) is 9.47 Å². The highest BCUT2D eigenvalue weighted by molar-refractivity contribution is 5.50. The summed E-state index contributed by atoms with van der Waals surface area (Å²) in [4.78, 5) is 0. The average Bonchev–Trinajstić information content (AvgIpc) is 2.65. The Morgan fingerprint density at radius 2 is 2.06 bits per heavy atom. The van der Waals surface area contributed by atoms with Gasteiger partial charge in [-0.3, -0.25) is 0 Å². The van der Waals surface area contributed by atoms with E-state index in [9.17, 15) is 0 Å². The Kier molecular flexibility index (Phi) is 3.41. The second-order valence-corrected chi connectivity index (χ2v) is 5.26. The minimum Gasteiger partial charge on any atom is -0.490 e. The Hall–Kier alpha value is -1.22. The van der Waals surface area contributed by atoms with Gasteiger partial charge in [-0.25, -0.2) is 0 Å². The molecule has 18 heavy (non-hydrogen) atoms. The van der Waals surface area contributed by atoms with Crippen molar-refractivity contribution in [2.24, 2.45) is 0 Å². The molecule has 1 aromatic carbocycles. The summed E-state index contributed by atoms with van der Waals surface area (Å²) < 4.78 is 11.6. The molecule has 1 saturated heterocycles. The molecule has 0 radical (unpaired) electrons. The van der Waals surface area contributed by atoms with Crippen molar-refractivity contribution in [3.8, 4) is 11.5 Å². The molecule has 2 aliphatic heterocycles. The van der Waals surface area contributed by atoms with Crippen LogP contribution < -0.4 is 14.8 Å². The maximum Gasteiger partial charge on any atom is 0.164 e. The van der Waals surface area contributed by atoms with Crippen LogP contribution in [0.3, 0.4) is 0 Å². The van der Waals surface area contributed by atoms with E-state index in [1.165, 1.54) is 24.0 Å². The van der Waals surface area contributed by atoms with E-state index in [1.807, 2.05) is 0 Å². The van der Waals surface area contributed by atoms with E-state index < -0.39 is 0 Å². The predicted octanol–water partition coefficient (Wildman–Crippen LogP) is 2.62. The first-order valence-electron chi connectivity index (χ1n) is 6.95. The Balaban J connectivity index is 1.91. The molecular weight excluding hydrogens is 226 g/mol. The zero-order chi connectivity index (χ0) is 12.4. The number of benzene rings is 1. The summed E-state index contributed by atoms with van der Waals surface area (Å²) in [6.45, 7) is 5.88. The molecule has 1 unspecified atom stereocenters. The van der Waals surface area contributed by atoms with Crippen molar-refractivity contribution < 1.29 is 9.47 Å². The Morgan fingerprint density at radius 3 is 2.89 bits per heavy atom. The SMILES string of the molecule is Cc1cc(C2CCCNC2)cc2c1OCCCO2. The van der Waals surface area contributed by atoms with Crippen molar-refractivity contribution in [1.82, 2.24) is 5.32 Å². The summed E-state index contributed by atoms with van der Waals surface area (Å²) in [5, 5.41) is 3.47.